The van der Waals surface area contributed by atoms with Gasteiger partial charge in [0.2, 0.25) is 5.91 Å². The predicted octanol–water partition coefficient (Wildman–Crippen LogP) is 2.78. The molecule has 6 nitrogen and oxygen atoms in total. The number of nitro groups is 1. The minimum atomic E-state index is -0.475. The second-order valence-corrected chi connectivity index (χ2v) is 5.11. The molecule has 0 saturated heterocycles. The second-order valence-electron chi connectivity index (χ2n) is 5.11. The Hall–Kier alpha value is -2.89. The third-order valence-corrected chi connectivity index (χ3v) is 3.60. The molecule has 2 aromatic carbocycles. The molecule has 1 aliphatic rings. The largest absolute Gasteiger partial charge is 0.492 e. The average Bonchev–Trinajstić information content (AvgIpc) is 2.55. The van der Waals surface area contributed by atoms with Gasteiger partial charge in [0.05, 0.1) is 10.8 Å². The Morgan fingerprint density at radius 2 is 1.91 bits per heavy atom. The summed E-state index contributed by atoms with van der Waals surface area (Å²) >= 11 is 0. The zero-order valence-electron chi connectivity index (χ0n) is 11.7. The smallest absolute Gasteiger partial charge is 0.269 e. The van der Waals surface area contributed by atoms with E-state index < -0.39 is 4.92 Å². The van der Waals surface area contributed by atoms with E-state index in [1.54, 1.807) is 0 Å². The van der Waals surface area contributed by atoms with Gasteiger partial charge in [-0.2, -0.15) is 0 Å². The quantitative estimate of drug-likeness (QED) is 0.698. The molecule has 1 heterocycles. The number of para-hydroxylation sites is 1. The van der Waals surface area contributed by atoms with Crippen molar-refractivity contribution in [3.63, 3.8) is 0 Å². The van der Waals surface area contributed by atoms with Gasteiger partial charge < -0.3 is 10.1 Å². The maximum Gasteiger partial charge on any atom is 0.269 e. The van der Waals surface area contributed by atoms with Crippen LogP contribution in [-0.4, -0.2) is 17.4 Å². The van der Waals surface area contributed by atoms with Gasteiger partial charge in [0.25, 0.3) is 5.69 Å². The molecular formula is C16H14N2O4. The number of anilines is 1. The Morgan fingerprint density at radius 1 is 1.18 bits per heavy atom. The van der Waals surface area contributed by atoms with Gasteiger partial charge in [0, 0.05) is 17.8 Å². The van der Waals surface area contributed by atoms with Gasteiger partial charge in [0.15, 0.2) is 0 Å². The highest BCUT2D eigenvalue weighted by Gasteiger charge is 2.25. The molecular weight excluding hydrogens is 284 g/mol. The molecule has 1 N–H and O–H groups in total. The van der Waals surface area contributed by atoms with E-state index in [4.69, 9.17) is 4.74 Å². The molecule has 0 saturated carbocycles. The van der Waals surface area contributed by atoms with Crippen LogP contribution in [0, 0.1) is 16.0 Å². The van der Waals surface area contributed by atoms with Crippen molar-refractivity contribution in [2.45, 2.75) is 6.42 Å². The predicted molar refractivity (Wildman–Crippen MR) is 80.9 cm³/mol. The van der Waals surface area contributed by atoms with Gasteiger partial charge in [-0.1, -0.05) is 18.2 Å². The molecule has 0 fully saturated rings. The number of rotatable bonds is 3. The maximum atomic E-state index is 12.3. The molecule has 1 amide bonds. The lowest BCUT2D eigenvalue weighted by atomic mass is 9.96. The standard InChI is InChI=1S/C16H14N2O4/c19-16(17-13-5-7-14(8-6-13)18(20)21)12-9-11-3-1-2-4-15(11)22-10-12/h1-8,12H,9-10H2,(H,17,19). The highest BCUT2D eigenvalue weighted by atomic mass is 16.6. The van der Waals surface area contributed by atoms with Crippen molar-refractivity contribution >= 4 is 17.3 Å². The van der Waals surface area contributed by atoms with Crippen LogP contribution in [-0.2, 0) is 11.2 Å². The number of carbonyl (C=O) groups is 1. The van der Waals surface area contributed by atoms with Crippen LogP contribution in [0.2, 0.25) is 0 Å². The van der Waals surface area contributed by atoms with Gasteiger partial charge in [-0.3, -0.25) is 14.9 Å². The first kappa shape index (κ1) is 14.1. The lowest BCUT2D eigenvalue weighted by Gasteiger charge is -2.24. The summed E-state index contributed by atoms with van der Waals surface area (Å²) in [6.07, 6.45) is 0.620. The number of nitrogens with one attached hydrogen (secondary N) is 1. The highest BCUT2D eigenvalue weighted by molar-refractivity contribution is 5.93. The summed E-state index contributed by atoms with van der Waals surface area (Å²) in [4.78, 5) is 22.4. The number of hydrogen-bond acceptors (Lipinski definition) is 4. The Morgan fingerprint density at radius 3 is 2.64 bits per heavy atom. The van der Waals surface area contributed by atoms with Crippen LogP contribution in [0.5, 0.6) is 5.75 Å². The molecule has 0 bridgehead atoms. The van der Waals surface area contributed by atoms with Crippen molar-refractivity contribution in [1.82, 2.24) is 0 Å². The third-order valence-electron chi connectivity index (χ3n) is 3.60. The zero-order chi connectivity index (χ0) is 15.5. The van der Waals surface area contributed by atoms with Crippen LogP contribution in [0.15, 0.2) is 48.5 Å². The third kappa shape index (κ3) is 2.90. The SMILES string of the molecule is O=C(Nc1ccc([N+](=O)[O-])cc1)C1COc2ccccc2C1. The van der Waals surface area contributed by atoms with E-state index in [1.165, 1.54) is 24.3 Å². The molecule has 6 heteroatoms. The Balaban J connectivity index is 1.66. The number of non-ortho nitro benzene ring substituents is 1. The molecule has 0 aromatic heterocycles. The van der Waals surface area contributed by atoms with E-state index in [-0.39, 0.29) is 17.5 Å². The van der Waals surface area contributed by atoms with Crippen LogP contribution in [0.1, 0.15) is 5.56 Å². The first-order valence-corrected chi connectivity index (χ1v) is 6.89. The fourth-order valence-corrected chi connectivity index (χ4v) is 2.41. The van der Waals surface area contributed by atoms with Gasteiger partial charge >= 0.3 is 0 Å². The van der Waals surface area contributed by atoms with Crippen molar-refractivity contribution in [1.29, 1.82) is 0 Å². The normalized spacial score (nSPS) is 16.3. The summed E-state index contributed by atoms with van der Waals surface area (Å²) in [5.74, 6) is 0.398. The van der Waals surface area contributed by atoms with Gasteiger partial charge in [0.1, 0.15) is 12.4 Å². The molecule has 112 valence electrons. The van der Waals surface area contributed by atoms with Crippen LogP contribution in [0.4, 0.5) is 11.4 Å². The van der Waals surface area contributed by atoms with E-state index in [0.717, 1.165) is 11.3 Å². The average molecular weight is 298 g/mol. The topological polar surface area (TPSA) is 81.5 Å². The van der Waals surface area contributed by atoms with E-state index in [2.05, 4.69) is 5.32 Å². The number of hydrogen-bond donors (Lipinski definition) is 1. The lowest BCUT2D eigenvalue weighted by Crippen LogP contribution is -2.32. The summed E-state index contributed by atoms with van der Waals surface area (Å²) in [5.41, 5.74) is 1.54. The summed E-state index contributed by atoms with van der Waals surface area (Å²) < 4.78 is 5.60. The van der Waals surface area contributed by atoms with Crippen molar-refractivity contribution in [2.75, 3.05) is 11.9 Å². The van der Waals surface area contributed by atoms with Crippen molar-refractivity contribution in [3.05, 3.63) is 64.2 Å². The number of carbonyl (C=O) groups excluding carboxylic acids is 1. The Bertz CT molecular complexity index is 712. The summed E-state index contributed by atoms with van der Waals surface area (Å²) in [7, 11) is 0. The highest BCUT2D eigenvalue weighted by Crippen LogP contribution is 2.27. The monoisotopic (exact) mass is 298 g/mol. The number of nitro benzene ring substituents is 1. The molecule has 0 radical (unpaired) electrons. The molecule has 3 rings (SSSR count). The minimum absolute atomic E-state index is 0.00655. The van der Waals surface area contributed by atoms with Crippen molar-refractivity contribution in [2.24, 2.45) is 5.92 Å². The Kier molecular flexibility index (Phi) is 3.74. The van der Waals surface area contributed by atoms with Crippen molar-refractivity contribution in [3.8, 4) is 5.75 Å². The van der Waals surface area contributed by atoms with Crippen molar-refractivity contribution < 1.29 is 14.5 Å². The number of nitrogens with zero attached hydrogens (tertiary/aromatic N) is 1. The van der Waals surface area contributed by atoms with E-state index >= 15 is 0 Å². The van der Waals surface area contributed by atoms with Crippen LogP contribution < -0.4 is 10.1 Å². The van der Waals surface area contributed by atoms with E-state index in [9.17, 15) is 14.9 Å². The number of fused-ring (bicyclic) bond motifs is 1. The Labute approximate surface area is 126 Å². The molecule has 1 aliphatic heterocycles. The lowest BCUT2D eigenvalue weighted by molar-refractivity contribution is -0.384. The fraction of sp³-hybridized carbons (Fsp3) is 0.188. The summed E-state index contributed by atoms with van der Waals surface area (Å²) in [6.45, 7) is 0.329. The minimum Gasteiger partial charge on any atom is -0.492 e. The van der Waals surface area contributed by atoms with E-state index in [1.807, 2.05) is 24.3 Å². The molecule has 0 spiro atoms. The molecule has 2 aromatic rings. The molecule has 1 atom stereocenters. The van der Waals surface area contributed by atoms with Gasteiger partial charge in [-0.15, -0.1) is 0 Å². The summed E-state index contributed by atoms with van der Waals surface area (Å²) in [5, 5.41) is 13.4. The van der Waals surface area contributed by atoms with Crippen LogP contribution in [0.3, 0.4) is 0 Å². The molecule has 22 heavy (non-hydrogen) atoms. The summed E-state index contributed by atoms with van der Waals surface area (Å²) in [6, 6.07) is 13.4. The number of ether oxygens (including phenoxy) is 1. The number of amides is 1. The maximum absolute atomic E-state index is 12.3. The van der Waals surface area contributed by atoms with Crippen LogP contribution >= 0.6 is 0 Å². The first-order valence-electron chi connectivity index (χ1n) is 6.89. The van der Waals surface area contributed by atoms with E-state index in [0.29, 0.717) is 18.7 Å². The molecule has 0 aliphatic carbocycles. The fourth-order valence-electron chi connectivity index (χ4n) is 2.41. The zero-order valence-corrected chi connectivity index (χ0v) is 11.7. The second kappa shape index (κ2) is 5.85. The first-order chi connectivity index (χ1) is 10.6. The van der Waals surface area contributed by atoms with Gasteiger partial charge in [-0.05, 0) is 30.2 Å². The number of benzene rings is 2. The molecule has 1 unspecified atom stereocenters. The van der Waals surface area contributed by atoms with Gasteiger partial charge in [-0.25, -0.2) is 0 Å². The van der Waals surface area contributed by atoms with Crippen LogP contribution in [0.25, 0.3) is 0 Å².